The van der Waals surface area contributed by atoms with Crippen molar-refractivity contribution in [3.8, 4) is 0 Å². The molecule has 0 aromatic carbocycles. The van der Waals surface area contributed by atoms with Crippen LogP contribution in [-0.2, 0) is 4.79 Å². The molecule has 0 bridgehead atoms. The van der Waals surface area contributed by atoms with Crippen molar-refractivity contribution in [1.29, 1.82) is 0 Å². The normalized spacial score (nSPS) is 29.9. The van der Waals surface area contributed by atoms with E-state index in [9.17, 15) is 9.59 Å². The Bertz CT molecular complexity index is 346. The average Bonchev–Trinajstić information content (AvgIpc) is 2.72. The summed E-state index contributed by atoms with van der Waals surface area (Å²) < 4.78 is 0. The van der Waals surface area contributed by atoms with E-state index in [0.717, 1.165) is 13.0 Å². The van der Waals surface area contributed by atoms with Crippen LogP contribution in [0.5, 0.6) is 0 Å². The lowest BCUT2D eigenvalue weighted by molar-refractivity contribution is -0.137. The monoisotopic (exact) mass is 268 g/mol. The molecule has 1 aliphatic heterocycles. The number of carbonyl (C=O) groups excluding carboxylic acids is 1. The molecule has 1 saturated heterocycles. The zero-order valence-corrected chi connectivity index (χ0v) is 11.6. The Morgan fingerprint density at radius 3 is 2.79 bits per heavy atom. The van der Waals surface area contributed by atoms with Gasteiger partial charge in [0.05, 0.1) is 0 Å². The van der Waals surface area contributed by atoms with Crippen LogP contribution in [-0.4, -0.2) is 41.1 Å². The van der Waals surface area contributed by atoms with Gasteiger partial charge in [0, 0.05) is 25.6 Å². The largest absolute Gasteiger partial charge is 0.481 e. The summed E-state index contributed by atoms with van der Waals surface area (Å²) in [4.78, 5) is 24.5. The molecule has 5 heteroatoms. The van der Waals surface area contributed by atoms with Gasteiger partial charge >= 0.3 is 12.0 Å². The van der Waals surface area contributed by atoms with E-state index < -0.39 is 5.97 Å². The minimum atomic E-state index is -0.809. The molecule has 19 heavy (non-hydrogen) atoms. The highest BCUT2D eigenvalue weighted by Gasteiger charge is 2.42. The topological polar surface area (TPSA) is 69.6 Å². The van der Waals surface area contributed by atoms with Crippen molar-refractivity contribution >= 4 is 12.0 Å². The Kier molecular flexibility index (Phi) is 4.66. The van der Waals surface area contributed by atoms with E-state index in [1.807, 2.05) is 4.90 Å². The molecule has 1 heterocycles. The van der Waals surface area contributed by atoms with Gasteiger partial charge in [-0.25, -0.2) is 4.79 Å². The fourth-order valence-electron chi connectivity index (χ4n) is 3.54. The van der Waals surface area contributed by atoms with Gasteiger partial charge in [-0.15, -0.1) is 0 Å². The zero-order chi connectivity index (χ0) is 13.8. The Labute approximate surface area is 114 Å². The van der Waals surface area contributed by atoms with Gasteiger partial charge in [0.2, 0.25) is 0 Å². The molecule has 3 unspecified atom stereocenters. The van der Waals surface area contributed by atoms with Crippen molar-refractivity contribution in [2.75, 3.05) is 13.1 Å². The summed E-state index contributed by atoms with van der Waals surface area (Å²) >= 11 is 0. The molecule has 3 atom stereocenters. The summed E-state index contributed by atoms with van der Waals surface area (Å²) in [7, 11) is 0. The van der Waals surface area contributed by atoms with Crippen LogP contribution in [0.4, 0.5) is 4.79 Å². The van der Waals surface area contributed by atoms with Crippen LogP contribution < -0.4 is 5.32 Å². The van der Waals surface area contributed by atoms with E-state index in [4.69, 9.17) is 5.11 Å². The number of nitrogens with one attached hydrogen (secondary N) is 1. The molecule has 0 aromatic heterocycles. The molecule has 2 rings (SSSR count). The van der Waals surface area contributed by atoms with E-state index in [2.05, 4.69) is 12.2 Å². The molecule has 0 spiro atoms. The van der Waals surface area contributed by atoms with Crippen LogP contribution in [0.3, 0.4) is 0 Å². The van der Waals surface area contributed by atoms with Gasteiger partial charge in [-0.3, -0.25) is 4.79 Å². The molecule has 108 valence electrons. The minimum absolute atomic E-state index is 0.00774. The van der Waals surface area contributed by atoms with E-state index in [1.54, 1.807) is 0 Å². The van der Waals surface area contributed by atoms with Crippen LogP contribution in [0, 0.1) is 11.8 Å². The standard InChI is InChI=1S/C14H24N2O3/c1-10-9-16(12-6-3-2-5-11(10)12)14(19)15-8-4-7-13(17)18/h10-12H,2-9H2,1H3,(H,15,19)(H,17,18). The van der Waals surface area contributed by atoms with Gasteiger partial charge in [0.1, 0.15) is 0 Å². The molecular formula is C14H24N2O3. The number of urea groups is 1. The molecule has 2 N–H and O–H groups in total. The molecular weight excluding hydrogens is 244 g/mol. The van der Waals surface area contributed by atoms with Crippen molar-refractivity contribution < 1.29 is 14.7 Å². The molecule has 2 fully saturated rings. The predicted molar refractivity (Wildman–Crippen MR) is 71.9 cm³/mol. The highest BCUT2D eigenvalue weighted by atomic mass is 16.4. The number of rotatable bonds is 4. The second kappa shape index (κ2) is 6.26. The Morgan fingerprint density at radius 1 is 1.32 bits per heavy atom. The van der Waals surface area contributed by atoms with E-state index in [1.165, 1.54) is 19.3 Å². The van der Waals surface area contributed by atoms with E-state index in [-0.39, 0.29) is 12.5 Å². The molecule has 0 radical (unpaired) electrons. The molecule has 1 aliphatic carbocycles. The summed E-state index contributed by atoms with van der Waals surface area (Å²) in [5.74, 6) is 0.449. The van der Waals surface area contributed by atoms with E-state index >= 15 is 0 Å². The van der Waals surface area contributed by atoms with Crippen molar-refractivity contribution in [1.82, 2.24) is 10.2 Å². The van der Waals surface area contributed by atoms with Crippen LogP contribution in [0.25, 0.3) is 0 Å². The molecule has 1 saturated carbocycles. The summed E-state index contributed by atoms with van der Waals surface area (Å²) in [6.07, 6.45) is 5.49. The van der Waals surface area contributed by atoms with Gasteiger partial charge < -0.3 is 15.3 Å². The number of amides is 2. The zero-order valence-electron chi connectivity index (χ0n) is 11.6. The molecule has 2 amide bonds. The minimum Gasteiger partial charge on any atom is -0.481 e. The number of fused-ring (bicyclic) bond motifs is 1. The molecule has 0 aromatic rings. The third-order valence-corrected chi connectivity index (χ3v) is 4.50. The van der Waals surface area contributed by atoms with Gasteiger partial charge in [0.25, 0.3) is 0 Å². The first-order chi connectivity index (χ1) is 9.09. The first-order valence-electron chi connectivity index (χ1n) is 7.36. The number of carboxylic acids is 1. The highest BCUT2D eigenvalue weighted by Crippen LogP contribution is 2.39. The first-order valence-corrected chi connectivity index (χ1v) is 7.36. The Morgan fingerprint density at radius 2 is 2.05 bits per heavy atom. The summed E-state index contributed by atoms with van der Waals surface area (Å²) in [5.41, 5.74) is 0. The van der Waals surface area contributed by atoms with Crippen molar-refractivity contribution in [3.63, 3.8) is 0 Å². The molecule has 2 aliphatic rings. The van der Waals surface area contributed by atoms with Crippen LogP contribution in [0.15, 0.2) is 0 Å². The van der Waals surface area contributed by atoms with Gasteiger partial charge in [-0.05, 0) is 31.1 Å². The first kappa shape index (κ1) is 14.2. The second-order valence-electron chi connectivity index (χ2n) is 5.87. The average molecular weight is 268 g/mol. The summed E-state index contributed by atoms with van der Waals surface area (Å²) in [5, 5.41) is 11.4. The maximum atomic E-state index is 12.2. The van der Waals surface area contributed by atoms with Crippen molar-refractivity contribution in [2.45, 2.75) is 51.5 Å². The Balaban J connectivity index is 1.80. The highest BCUT2D eigenvalue weighted by molar-refractivity contribution is 5.75. The third-order valence-electron chi connectivity index (χ3n) is 4.50. The number of aliphatic carboxylic acids is 1. The lowest BCUT2D eigenvalue weighted by Crippen LogP contribution is -2.45. The number of nitrogens with zero attached hydrogens (tertiary/aromatic N) is 1. The molecule has 5 nitrogen and oxygen atoms in total. The maximum Gasteiger partial charge on any atom is 0.317 e. The number of hydrogen-bond acceptors (Lipinski definition) is 2. The predicted octanol–water partition coefficient (Wildman–Crippen LogP) is 2.07. The SMILES string of the molecule is CC1CN(C(=O)NCCCC(=O)O)C2CCCCC12. The van der Waals surface area contributed by atoms with Gasteiger partial charge in [-0.1, -0.05) is 19.8 Å². The fraction of sp³-hybridized carbons (Fsp3) is 0.857. The number of likely N-dealkylation sites (tertiary alicyclic amines) is 1. The quantitative estimate of drug-likeness (QED) is 0.767. The van der Waals surface area contributed by atoms with Gasteiger partial charge in [0.15, 0.2) is 0 Å². The van der Waals surface area contributed by atoms with Crippen molar-refractivity contribution in [3.05, 3.63) is 0 Å². The fourth-order valence-corrected chi connectivity index (χ4v) is 3.54. The van der Waals surface area contributed by atoms with Crippen molar-refractivity contribution in [2.24, 2.45) is 11.8 Å². The number of carboxylic acid groups (broad SMARTS) is 1. The summed E-state index contributed by atoms with van der Waals surface area (Å²) in [6, 6.07) is 0.398. The maximum absolute atomic E-state index is 12.2. The van der Waals surface area contributed by atoms with Crippen LogP contribution in [0.1, 0.15) is 45.4 Å². The van der Waals surface area contributed by atoms with E-state index in [0.29, 0.717) is 30.8 Å². The number of carbonyl (C=O) groups is 2. The summed E-state index contributed by atoms with van der Waals surface area (Å²) in [6.45, 7) is 3.54. The third kappa shape index (κ3) is 3.39. The number of hydrogen-bond donors (Lipinski definition) is 2. The lowest BCUT2D eigenvalue weighted by Gasteiger charge is -2.32. The second-order valence-corrected chi connectivity index (χ2v) is 5.87. The van der Waals surface area contributed by atoms with Crippen LogP contribution in [0.2, 0.25) is 0 Å². The lowest BCUT2D eigenvalue weighted by atomic mass is 9.80. The Hall–Kier alpha value is -1.26. The van der Waals surface area contributed by atoms with Gasteiger partial charge in [-0.2, -0.15) is 0 Å². The van der Waals surface area contributed by atoms with Crippen LogP contribution >= 0.6 is 0 Å². The smallest absolute Gasteiger partial charge is 0.317 e.